The summed E-state index contributed by atoms with van der Waals surface area (Å²) in [7, 11) is 0. The molecule has 4 aromatic rings. The molecule has 0 bridgehead atoms. The molecular formula is C28H18. The van der Waals surface area contributed by atoms with Crippen LogP contribution in [0.5, 0.6) is 0 Å². The van der Waals surface area contributed by atoms with E-state index in [1.807, 2.05) is 54.6 Å². The van der Waals surface area contributed by atoms with Crippen molar-refractivity contribution in [2.45, 2.75) is 0 Å². The van der Waals surface area contributed by atoms with Gasteiger partial charge in [-0.25, -0.2) is 0 Å². The highest BCUT2D eigenvalue weighted by Crippen LogP contribution is 2.40. The molecule has 0 aliphatic heterocycles. The molecule has 0 nitrogen and oxygen atoms in total. The molecule has 0 fully saturated rings. The van der Waals surface area contributed by atoms with Crippen LogP contribution in [-0.2, 0) is 0 Å². The maximum absolute atomic E-state index is 6.02. The van der Waals surface area contributed by atoms with Crippen LogP contribution in [0, 0.1) is 24.7 Å². The number of rotatable bonds is 3. The zero-order valence-corrected chi connectivity index (χ0v) is 15.4. The van der Waals surface area contributed by atoms with E-state index in [0.29, 0.717) is 0 Å². The monoisotopic (exact) mass is 354 g/mol. The maximum Gasteiger partial charge on any atom is 0.0412 e. The Balaban J connectivity index is 2.15. The molecule has 28 heavy (non-hydrogen) atoms. The van der Waals surface area contributed by atoms with Crippen LogP contribution < -0.4 is 0 Å². The van der Waals surface area contributed by atoms with Crippen molar-refractivity contribution in [3.05, 3.63) is 108 Å². The Bertz CT molecular complexity index is 1110. The summed E-state index contributed by atoms with van der Waals surface area (Å²) < 4.78 is 0. The summed E-state index contributed by atoms with van der Waals surface area (Å²) in [5.41, 5.74) is 7.79. The first-order valence-electron chi connectivity index (χ1n) is 9.14. The number of terminal acetylenes is 2. The molecule has 0 aliphatic rings. The van der Waals surface area contributed by atoms with Gasteiger partial charge in [0, 0.05) is 16.7 Å². The molecule has 4 rings (SSSR count). The van der Waals surface area contributed by atoms with Gasteiger partial charge in [0.1, 0.15) is 0 Å². The lowest BCUT2D eigenvalue weighted by atomic mass is 9.84. The first kappa shape index (κ1) is 17.4. The summed E-state index contributed by atoms with van der Waals surface area (Å²) in [6.07, 6.45) is 12.0. The molecule has 0 spiro atoms. The minimum Gasteiger partial charge on any atom is -0.115 e. The van der Waals surface area contributed by atoms with Gasteiger partial charge in [-0.2, -0.15) is 0 Å². The Kier molecular flexibility index (Phi) is 4.79. The molecule has 0 N–H and O–H groups in total. The molecule has 4 aromatic carbocycles. The van der Waals surface area contributed by atoms with Crippen LogP contribution in [0.25, 0.3) is 33.4 Å². The predicted molar refractivity (Wildman–Crippen MR) is 119 cm³/mol. The summed E-state index contributed by atoms with van der Waals surface area (Å²) in [5, 5.41) is 0. The van der Waals surface area contributed by atoms with E-state index in [4.69, 9.17) is 12.8 Å². The second-order valence-electron chi connectivity index (χ2n) is 6.48. The fourth-order valence-corrected chi connectivity index (χ4v) is 3.57. The predicted octanol–water partition coefficient (Wildman–Crippen LogP) is 6.65. The van der Waals surface area contributed by atoms with Gasteiger partial charge < -0.3 is 0 Å². The van der Waals surface area contributed by atoms with Crippen LogP contribution in [0.15, 0.2) is 97.1 Å². The summed E-state index contributed by atoms with van der Waals surface area (Å²) in [6, 6.07) is 32.7. The highest BCUT2D eigenvalue weighted by molar-refractivity contribution is 5.93. The van der Waals surface area contributed by atoms with E-state index in [1.54, 1.807) is 0 Å². The van der Waals surface area contributed by atoms with E-state index >= 15 is 0 Å². The van der Waals surface area contributed by atoms with Crippen LogP contribution in [0.3, 0.4) is 0 Å². The fraction of sp³-hybridized carbons (Fsp3) is 0. The third-order valence-electron chi connectivity index (χ3n) is 4.85. The van der Waals surface area contributed by atoms with E-state index in [-0.39, 0.29) is 0 Å². The van der Waals surface area contributed by atoms with Crippen LogP contribution in [-0.4, -0.2) is 0 Å². The minimum absolute atomic E-state index is 0.824. The van der Waals surface area contributed by atoms with Crippen LogP contribution in [0.1, 0.15) is 11.1 Å². The zero-order chi connectivity index (χ0) is 19.3. The average Bonchev–Trinajstić information content (AvgIpc) is 2.79. The van der Waals surface area contributed by atoms with Crippen LogP contribution in [0.4, 0.5) is 0 Å². The average molecular weight is 354 g/mol. The molecule has 0 heterocycles. The van der Waals surface area contributed by atoms with Crippen molar-refractivity contribution >= 4 is 0 Å². The Hall–Kier alpha value is -4.00. The first-order valence-corrected chi connectivity index (χ1v) is 9.14. The highest BCUT2D eigenvalue weighted by Gasteiger charge is 2.19. The van der Waals surface area contributed by atoms with Crippen molar-refractivity contribution in [1.82, 2.24) is 0 Å². The summed E-state index contributed by atoms with van der Waals surface area (Å²) in [4.78, 5) is 0. The quantitative estimate of drug-likeness (QED) is 0.361. The standard InChI is InChI=1S/C28H18/c1-3-24-26(21-14-8-5-9-15-21)20-27(22-16-10-6-11-17-22)25(4-2)28(24)23-18-12-7-13-19-23/h1-2,5-20H. The van der Waals surface area contributed by atoms with Crippen molar-refractivity contribution < 1.29 is 0 Å². The Morgan fingerprint density at radius 3 is 1.18 bits per heavy atom. The SMILES string of the molecule is C#Cc1c(-c2ccccc2)cc(-c2ccccc2)c(C#C)c1-c1ccccc1. The highest BCUT2D eigenvalue weighted by atomic mass is 14.2. The van der Waals surface area contributed by atoms with Gasteiger partial charge in [-0.05, 0) is 33.9 Å². The number of hydrogen-bond donors (Lipinski definition) is 0. The Labute approximate surface area is 166 Å². The molecule has 0 saturated heterocycles. The lowest BCUT2D eigenvalue weighted by molar-refractivity contribution is 1.51. The van der Waals surface area contributed by atoms with Gasteiger partial charge in [0.15, 0.2) is 0 Å². The number of benzene rings is 4. The smallest absolute Gasteiger partial charge is 0.0412 e. The molecule has 0 radical (unpaired) electrons. The molecule has 130 valence electrons. The second-order valence-corrected chi connectivity index (χ2v) is 6.48. The molecule has 0 atom stereocenters. The zero-order valence-electron chi connectivity index (χ0n) is 15.4. The van der Waals surface area contributed by atoms with Gasteiger partial charge in [-0.1, -0.05) is 103 Å². The largest absolute Gasteiger partial charge is 0.115 e. The molecule has 0 amide bonds. The van der Waals surface area contributed by atoms with Crippen molar-refractivity contribution in [2.24, 2.45) is 0 Å². The molecule has 0 unspecified atom stereocenters. The lowest BCUT2D eigenvalue weighted by Gasteiger charge is -2.18. The summed E-state index contributed by atoms with van der Waals surface area (Å²) in [5.74, 6) is 5.84. The molecule has 0 aromatic heterocycles. The van der Waals surface area contributed by atoms with Crippen molar-refractivity contribution in [3.63, 3.8) is 0 Å². The van der Waals surface area contributed by atoms with E-state index in [2.05, 4.69) is 54.3 Å². The summed E-state index contributed by atoms with van der Waals surface area (Å²) >= 11 is 0. The van der Waals surface area contributed by atoms with Gasteiger partial charge >= 0.3 is 0 Å². The normalized spacial score (nSPS) is 10.1. The van der Waals surface area contributed by atoms with Gasteiger partial charge in [-0.3, -0.25) is 0 Å². The Morgan fingerprint density at radius 1 is 0.464 bits per heavy atom. The van der Waals surface area contributed by atoms with E-state index < -0.39 is 0 Å². The second kappa shape index (κ2) is 7.71. The third-order valence-corrected chi connectivity index (χ3v) is 4.85. The van der Waals surface area contributed by atoms with E-state index in [0.717, 1.165) is 44.5 Å². The summed E-state index contributed by atoms with van der Waals surface area (Å²) in [6.45, 7) is 0. The molecule has 0 aliphatic carbocycles. The van der Waals surface area contributed by atoms with E-state index in [9.17, 15) is 0 Å². The van der Waals surface area contributed by atoms with Crippen molar-refractivity contribution in [2.75, 3.05) is 0 Å². The topological polar surface area (TPSA) is 0 Å². The minimum atomic E-state index is 0.824. The first-order chi connectivity index (χ1) is 13.8. The Morgan fingerprint density at radius 2 is 0.821 bits per heavy atom. The molecule has 0 saturated carbocycles. The van der Waals surface area contributed by atoms with Gasteiger partial charge in [0.05, 0.1) is 0 Å². The molecule has 0 heteroatoms. The third kappa shape index (κ3) is 3.09. The lowest BCUT2D eigenvalue weighted by Crippen LogP contribution is -1.98. The van der Waals surface area contributed by atoms with Crippen molar-refractivity contribution in [1.29, 1.82) is 0 Å². The van der Waals surface area contributed by atoms with Gasteiger partial charge in [-0.15, -0.1) is 12.8 Å². The maximum atomic E-state index is 6.02. The van der Waals surface area contributed by atoms with Gasteiger partial charge in [0.2, 0.25) is 0 Å². The van der Waals surface area contributed by atoms with Gasteiger partial charge in [0.25, 0.3) is 0 Å². The van der Waals surface area contributed by atoms with E-state index in [1.165, 1.54) is 0 Å². The molecular weight excluding hydrogens is 336 g/mol. The van der Waals surface area contributed by atoms with Crippen LogP contribution in [0.2, 0.25) is 0 Å². The number of hydrogen-bond acceptors (Lipinski definition) is 0. The van der Waals surface area contributed by atoms with Crippen LogP contribution >= 0.6 is 0 Å². The fourth-order valence-electron chi connectivity index (χ4n) is 3.57. The van der Waals surface area contributed by atoms with Crippen molar-refractivity contribution in [3.8, 4) is 58.1 Å².